The minimum atomic E-state index is -4.96. The fraction of sp³-hybridized carbons (Fsp3) is 0.290. The Kier molecular flexibility index (Phi) is 8.05. The Morgan fingerprint density at radius 2 is 1.63 bits per heavy atom. The Bertz CT molecular complexity index is 1510. The Morgan fingerprint density at radius 1 is 0.951 bits per heavy atom. The average Bonchev–Trinajstić information content (AvgIpc) is 3.17. The van der Waals surface area contributed by atoms with Crippen LogP contribution in [-0.4, -0.2) is 36.9 Å². The number of methoxy groups -OCH3 is 1. The molecule has 0 bridgehead atoms. The van der Waals surface area contributed by atoms with Crippen LogP contribution in [0.25, 0.3) is 5.76 Å². The maximum Gasteiger partial charge on any atom is 0.573 e. The summed E-state index contributed by atoms with van der Waals surface area (Å²) in [5.41, 5.74) is 0.801. The Labute approximate surface area is 235 Å². The lowest BCUT2D eigenvalue weighted by atomic mass is 9.84. The molecule has 0 aliphatic carbocycles. The number of aliphatic hydroxyl groups is 1. The monoisotopic (exact) mass is 569 g/mol. The van der Waals surface area contributed by atoms with Crippen LogP contribution in [0.2, 0.25) is 0 Å². The first kappa shape index (κ1) is 29.5. The van der Waals surface area contributed by atoms with Crippen molar-refractivity contribution >= 4 is 23.1 Å². The molecule has 10 heteroatoms. The number of amides is 1. The second-order valence-corrected chi connectivity index (χ2v) is 10.4. The van der Waals surface area contributed by atoms with Crippen molar-refractivity contribution in [2.75, 3.05) is 18.6 Å². The van der Waals surface area contributed by atoms with E-state index in [1.54, 1.807) is 42.5 Å². The molecule has 3 aromatic carbocycles. The summed E-state index contributed by atoms with van der Waals surface area (Å²) < 4.78 is 54.0. The number of Topliss-reactive ketones (excluding diaryl/α,β-unsaturated/α-hetero) is 1. The smallest absolute Gasteiger partial charge is 0.507 e. The maximum absolute atomic E-state index is 13.5. The van der Waals surface area contributed by atoms with Crippen molar-refractivity contribution in [2.24, 2.45) is 0 Å². The predicted molar refractivity (Wildman–Crippen MR) is 147 cm³/mol. The molecule has 1 fully saturated rings. The number of aliphatic hydroxyl groups excluding tert-OH is 1. The van der Waals surface area contributed by atoms with Gasteiger partial charge in [0.05, 0.1) is 25.3 Å². The number of anilines is 1. The van der Waals surface area contributed by atoms with E-state index in [4.69, 9.17) is 9.47 Å². The summed E-state index contributed by atoms with van der Waals surface area (Å²) in [6, 6.07) is 15.1. The summed E-state index contributed by atoms with van der Waals surface area (Å²) >= 11 is 0. The molecule has 41 heavy (non-hydrogen) atoms. The SMILES string of the molecule is CCOc1ccc(/C(O)=C2/C(=O)C(=O)N(c3cccc(OC(F)(F)F)c3)C2c2cccc(OC)c2)cc1C(C)(C)C. The highest BCUT2D eigenvalue weighted by Crippen LogP contribution is 2.44. The highest BCUT2D eigenvalue weighted by Gasteiger charge is 2.47. The molecule has 1 saturated heterocycles. The molecule has 216 valence electrons. The molecule has 0 spiro atoms. The quantitative estimate of drug-likeness (QED) is 0.189. The van der Waals surface area contributed by atoms with Gasteiger partial charge in [-0.15, -0.1) is 13.2 Å². The van der Waals surface area contributed by atoms with Gasteiger partial charge in [0.2, 0.25) is 0 Å². The molecule has 1 aliphatic rings. The lowest BCUT2D eigenvalue weighted by Crippen LogP contribution is -2.29. The number of hydrogen-bond acceptors (Lipinski definition) is 6. The van der Waals surface area contributed by atoms with Gasteiger partial charge in [-0.05, 0) is 60.4 Å². The number of nitrogens with zero attached hydrogens (tertiary/aromatic N) is 1. The van der Waals surface area contributed by atoms with Gasteiger partial charge in [0, 0.05) is 22.9 Å². The Balaban J connectivity index is 1.94. The van der Waals surface area contributed by atoms with Crippen molar-refractivity contribution in [3.63, 3.8) is 0 Å². The van der Waals surface area contributed by atoms with Crippen molar-refractivity contribution in [2.45, 2.75) is 45.5 Å². The molecule has 1 N–H and O–H groups in total. The summed E-state index contributed by atoms with van der Waals surface area (Å²) in [5, 5.41) is 11.6. The van der Waals surface area contributed by atoms with Crippen LogP contribution in [-0.2, 0) is 15.0 Å². The molecule has 0 radical (unpaired) electrons. The standard InChI is InChI=1S/C31H30F3NO6/c1-6-40-24-14-13-19(16-23(24)30(2,3)4)27(36)25-26(18-9-7-11-21(15-18)39-5)35(29(38)28(25)37)20-10-8-12-22(17-20)41-31(32,33)34/h7-17,26,36H,6H2,1-5H3/b27-25-. The van der Waals surface area contributed by atoms with Crippen LogP contribution in [0, 0.1) is 0 Å². The number of carbonyl (C=O) groups excluding carboxylic acids is 2. The summed E-state index contributed by atoms with van der Waals surface area (Å²) in [6.07, 6.45) is -4.96. The number of ketones is 1. The predicted octanol–water partition coefficient (Wildman–Crippen LogP) is 6.92. The fourth-order valence-corrected chi connectivity index (χ4v) is 4.76. The molecule has 1 heterocycles. The Morgan fingerprint density at radius 3 is 2.27 bits per heavy atom. The van der Waals surface area contributed by atoms with Crippen molar-refractivity contribution in [3.05, 3.63) is 89.0 Å². The number of rotatable bonds is 7. The van der Waals surface area contributed by atoms with Crippen molar-refractivity contribution in [3.8, 4) is 17.2 Å². The second kappa shape index (κ2) is 11.2. The zero-order chi connectivity index (χ0) is 30.1. The third-order valence-corrected chi connectivity index (χ3v) is 6.54. The highest BCUT2D eigenvalue weighted by molar-refractivity contribution is 6.51. The highest BCUT2D eigenvalue weighted by atomic mass is 19.4. The summed E-state index contributed by atoms with van der Waals surface area (Å²) in [4.78, 5) is 28.0. The minimum Gasteiger partial charge on any atom is -0.507 e. The van der Waals surface area contributed by atoms with Crippen LogP contribution in [0.4, 0.5) is 18.9 Å². The number of halogens is 3. The first-order chi connectivity index (χ1) is 19.2. The van der Waals surface area contributed by atoms with Crippen molar-refractivity contribution in [1.82, 2.24) is 0 Å². The number of benzene rings is 3. The Hall–Kier alpha value is -4.47. The van der Waals surface area contributed by atoms with Crippen LogP contribution >= 0.6 is 0 Å². The molecule has 7 nitrogen and oxygen atoms in total. The summed E-state index contributed by atoms with van der Waals surface area (Å²) in [5.74, 6) is -1.99. The molecule has 1 unspecified atom stereocenters. The van der Waals surface area contributed by atoms with E-state index in [0.717, 1.165) is 22.6 Å². The number of alkyl halides is 3. The molecular weight excluding hydrogens is 539 g/mol. The normalized spacial score (nSPS) is 17.1. The van der Waals surface area contributed by atoms with Crippen LogP contribution in [0.3, 0.4) is 0 Å². The molecule has 1 atom stereocenters. The zero-order valence-corrected chi connectivity index (χ0v) is 23.2. The first-order valence-electron chi connectivity index (χ1n) is 12.8. The van der Waals surface area contributed by atoms with Crippen LogP contribution in [0.15, 0.2) is 72.3 Å². The molecule has 4 rings (SSSR count). The largest absolute Gasteiger partial charge is 0.573 e. The zero-order valence-electron chi connectivity index (χ0n) is 23.2. The van der Waals surface area contributed by atoms with Crippen LogP contribution in [0.1, 0.15) is 50.4 Å². The minimum absolute atomic E-state index is 0.0252. The van der Waals surface area contributed by atoms with Gasteiger partial charge in [0.25, 0.3) is 11.7 Å². The number of ether oxygens (including phenoxy) is 3. The van der Waals surface area contributed by atoms with Crippen molar-refractivity contribution < 1.29 is 42.1 Å². The van der Waals surface area contributed by atoms with Gasteiger partial charge >= 0.3 is 6.36 Å². The van der Waals surface area contributed by atoms with Gasteiger partial charge in [-0.25, -0.2) is 0 Å². The molecule has 1 aliphatic heterocycles. The van der Waals surface area contributed by atoms with Crippen LogP contribution < -0.4 is 19.1 Å². The van der Waals surface area contributed by atoms with E-state index in [1.165, 1.54) is 19.2 Å². The lowest BCUT2D eigenvalue weighted by Gasteiger charge is -2.26. The van der Waals surface area contributed by atoms with Gasteiger partial charge in [0.15, 0.2) is 0 Å². The molecule has 0 aromatic heterocycles. The van der Waals surface area contributed by atoms with Gasteiger partial charge in [-0.1, -0.05) is 39.0 Å². The average molecular weight is 570 g/mol. The molecule has 1 amide bonds. The van der Waals surface area contributed by atoms with E-state index < -0.39 is 41.0 Å². The van der Waals surface area contributed by atoms with E-state index >= 15 is 0 Å². The van der Waals surface area contributed by atoms with E-state index in [0.29, 0.717) is 23.7 Å². The lowest BCUT2D eigenvalue weighted by molar-refractivity contribution is -0.274. The second-order valence-electron chi connectivity index (χ2n) is 10.4. The summed E-state index contributed by atoms with van der Waals surface area (Å²) in [6.45, 7) is 8.19. The van der Waals surface area contributed by atoms with Gasteiger partial charge < -0.3 is 19.3 Å². The van der Waals surface area contributed by atoms with E-state index in [-0.39, 0.29) is 16.8 Å². The molecule has 3 aromatic rings. The maximum atomic E-state index is 13.5. The fourth-order valence-electron chi connectivity index (χ4n) is 4.76. The van der Waals surface area contributed by atoms with Gasteiger partial charge in [0.1, 0.15) is 23.0 Å². The van der Waals surface area contributed by atoms with E-state index in [2.05, 4.69) is 4.74 Å². The third-order valence-electron chi connectivity index (χ3n) is 6.54. The summed E-state index contributed by atoms with van der Waals surface area (Å²) in [7, 11) is 1.45. The first-order valence-corrected chi connectivity index (χ1v) is 12.8. The number of hydrogen-bond donors (Lipinski definition) is 1. The van der Waals surface area contributed by atoms with Gasteiger partial charge in [-0.2, -0.15) is 0 Å². The topological polar surface area (TPSA) is 85.3 Å². The van der Waals surface area contributed by atoms with Gasteiger partial charge in [-0.3, -0.25) is 14.5 Å². The van der Waals surface area contributed by atoms with Crippen LogP contribution in [0.5, 0.6) is 17.2 Å². The number of carbonyl (C=O) groups is 2. The molecule has 0 saturated carbocycles. The third kappa shape index (κ3) is 6.16. The van der Waals surface area contributed by atoms with E-state index in [1.807, 2.05) is 27.7 Å². The molecular formula is C31H30F3NO6. The van der Waals surface area contributed by atoms with E-state index in [9.17, 15) is 27.9 Å². The van der Waals surface area contributed by atoms with Crippen molar-refractivity contribution in [1.29, 1.82) is 0 Å².